The number of carbonyl (C=O) groups excluding carboxylic acids is 1. The molecule has 0 aromatic heterocycles. The number of esters is 1. The number of carboxylic acids is 1. The van der Waals surface area contributed by atoms with Crippen LogP contribution in [0.15, 0.2) is 0 Å². The Balaban J connectivity index is 3.16. The highest BCUT2D eigenvalue weighted by Gasteiger charge is 2.04. The molecule has 0 bridgehead atoms. The third-order valence-electron chi connectivity index (χ3n) is 4.21. The first kappa shape index (κ1) is 22.9. The van der Waals surface area contributed by atoms with Crippen molar-refractivity contribution in [1.29, 1.82) is 0 Å². The second-order valence-corrected chi connectivity index (χ2v) is 7.19. The van der Waals surface area contributed by atoms with Crippen molar-refractivity contribution in [3.05, 3.63) is 0 Å². The molecule has 0 heterocycles. The van der Waals surface area contributed by atoms with E-state index in [1.807, 2.05) is 0 Å². The molecule has 142 valence electrons. The summed E-state index contributed by atoms with van der Waals surface area (Å²) in [6, 6.07) is 0. The van der Waals surface area contributed by atoms with Crippen molar-refractivity contribution in [2.45, 2.75) is 104 Å². The summed E-state index contributed by atoms with van der Waals surface area (Å²) in [7, 11) is 0. The molecule has 0 aliphatic rings. The van der Waals surface area contributed by atoms with E-state index in [2.05, 4.69) is 13.8 Å². The molecule has 24 heavy (non-hydrogen) atoms. The Hall–Kier alpha value is -1.06. The van der Waals surface area contributed by atoms with Crippen LogP contribution in [0, 0.1) is 5.92 Å². The van der Waals surface area contributed by atoms with Crippen molar-refractivity contribution in [3.8, 4) is 0 Å². The van der Waals surface area contributed by atoms with Crippen molar-refractivity contribution in [2.24, 2.45) is 5.92 Å². The number of unbranched alkanes of at least 4 members (excludes halogenated alkanes) is 9. The van der Waals surface area contributed by atoms with Gasteiger partial charge >= 0.3 is 11.9 Å². The molecule has 0 aliphatic carbocycles. The maximum absolute atomic E-state index is 11.4. The third-order valence-corrected chi connectivity index (χ3v) is 4.21. The highest BCUT2D eigenvalue weighted by molar-refractivity contribution is 5.69. The Bertz CT molecular complexity index is 313. The van der Waals surface area contributed by atoms with Crippen LogP contribution in [0.5, 0.6) is 0 Å². The second kappa shape index (κ2) is 16.8. The highest BCUT2D eigenvalue weighted by atomic mass is 16.5. The normalized spacial score (nSPS) is 11.0. The fourth-order valence-corrected chi connectivity index (χ4v) is 2.70. The van der Waals surface area contributed by atoms with Gasteiger partial charge in [-0.05, 0) is 25.2 Å². The zero-order valence-electron chi connectivity index (χ0n) is 15.9. The molecule has 0 unspecified atom stereocenters. The van der Waals surface area contributed by atoms with Gasteiger partial charge in [-0.3, -0.25) is 9.59 Å². The van der Waals surface area contributed by atoms with E-state index in [1.54, 1.807) is 0 Å². The van der Waals surface area contributed by atoms with Gasteiger partial charge in [-0.2, -0.15) is 0 Å². The predicted molar refractivity (Wildman–Crippen MR) is 98.1 cm³/mol. The van der Waals surface area contributed by atoms with Gasteiger partial charge in [0.2, 0.25) is 0 Å². The molecule has 0 amide bonds. The zero-order chi connectivity index (χ0) is 18.0. The van der Waals surface area contributed by atoms with E-state index in [0.29, 0.717) is 25.9 Å². The molecule has 0 saturated carbocycles. The molecular weight excluding hydrogens is 304 g/mol. The van der Waals surface area contributed by atoms with Gasteiger partial charge in [0.15, 0.2) is 0 Å². The first-order chi connectivity index (χ1) is 11.5. The van der Waals surface area contributed by atoms with Gasteiger partial charge in [0.25, 0.3) is 0 Å². The first-order valence-corrected chi connectivity index (χ1v) is 9.89. The fourth-order valence-electron chi connectivity index (χ4n) is 2.70. The average molecular weight is 343 g/mol. The Kier molecular flexibility index (Phi) is 16.0. The first-order valence-electron chi connectivity index (χ1n) is 9.89. The number of carbonyl (C=O) groups is 2. The van der Waals surface area contributed by atoms with E-state index in [1.165, 1.54) is 51.4 Å². The van der Waals surface area contributed by atoms with Gasteiger partial charge in [-0.1, -0.05) is 71.6 Å². The lowest BCUT2D eigenvalue weighted by Crippen LogP contribution is -2.06. The van der Waals surface area contributed by atoms with Crippen molar-refractivity contribution >= 4 is 11.9 Å². The Morgan fingerprint density at radius 3 is 1.79 bits per heavy atom. The Labute approximate surface area is 148 Å². The van der Waals surface area contributed by atoms with E-state index < -0.39 is 5.97 Å². The number of hydrogen-bond donors (Lipinski definition) is 1. The van der Waals surface area contributed by atoms with Gasteiger partial charge in [-0.25, -0.2) is 0 Å². The molecule has 0 spiro atoms. The number of ether oxygens (including phenoxy) is 1. The van der Waals surface area contributed by atoms with Crippen molar-refractivity contribution < 1.29 is 19.4 Å². The number of aliphatic carboxylic acids is 1. The minimum Gasteiger partial charge on any atom is -0.481 e. The number of carboxylic acid groups (broad SMARTS) is 1. The predicted octanol–water partition coefficient (Wildman–Crippen LogP) is 5.73. The molecule has 0 rings (SSSR count). The molecule has 0 atom stereocenters. The maximum atomic E-state index is 11.4. The van der Waals surface area contributed by atoms with E-state index in [-0.39, 0.29) is 12.4 Å². The summed E-state index contributed by atoms with van der Waals surface area (Å²) in [5.74, 6) is -0.162. The molecular formula is C20H38O4. The van der Waals surface area contributed by atoms with Crippen LogP contribution in [0.4, 0.5) is 0 Å². The third kappa shape index (κ3) is 19.0. The minimum atomic E-state index is -0.807. The van der Waals surface area contributed by atoms with Crippen LogP contribution in [0.1, 0.15) is 104 Å². The topological polar surface area (TPSA) is 63.6 Å². The SMILES string of the molecule is CC(C)CCCCCCCCCCCOC(=O)CCCCC(=O)O. The molecule has 0 radical (unpaired) electrons. The fraction of sp³-hybridized carbons (Fsp3) is 0.900. The smallest absolute Gasteiger partial charge is 0.305 e. The van der Waals surface area contributed by atoms with Gasteiger partial charge in [0.05, 0.1) is 6.61 Å². The summed E-state index contributed by atoms with van der Waals surface area (Å²) in [5, 5.41) is 8.50. The van der Waals surface area contributed by atoms with Crippen LogP contribution in [0.3, 0.4) is 0 Å². The lowest BCUT2D eigenvalue weighted by molar-refractivity contribution is -0.144. The van der Waals surface area contributed by atoms with Crippen molar-refractivity contribution in [3.63, 3.8) is 0 Å². The molecule has 4 nitrogen and oxygen atoms in total. The van der Waals surface area contributed by atoms with E-state index in [0.717, 1.165) is 18.8 Å². The van der Waals surface area contributed by atoms with Crippen LogP contribution in [0.2, 0.25) is 0 Å². The van der Waals surface area contributed by atoms with Crippen LogP contribution in [-0.2, 0) is 14.3 Å². The van der Waals surface area contributed by atoms with Crippen LogP contribution < -0.4 is 0 Å². The van der Waals surface area contributed by atoms with E-state index >= 15 is 0 Å². The lowest BCUT2D eigenvalue weighted by atomic mass is 10.0. The van der Waals surface area contributed by atoms with Crippen LogP contribution >= 0.6 is 0 Å². The van der Waals surface area contributed by atoms with Crippen molar-refractivity contribution in [1.82, 2.24) is 0 Å². The standard InChI is InChI=1S/C20H38O4/c1-18(2)14-10-8-6-4-3-5-7-9-13-17-24-20(23)16-12-11-15-19(21)22/h18H,3-17H2,1-2H3,(H,21,22). The van der Waals surface area contributed by atoms with Crippen LogP contribution in [0.25, 0.3) is 0 Å². The zero-order valence-corrected chi connectivity index (χ0v) is 15.9. The summed E-state index contributed by atoms with van der Waals surface area (Å²) < 4.78 is 5.15. The lowest BCUT2D eigenvalue weighted by Gasteiger charge is -2.05. The minimum absolute atomic E-state index is 0.130. The Morgan fingerprint density at radius 1 is 0.750 bits per heavy atom. The monoisotopic (exact) mass is 342 g/mol. The van der Waals surface area contributed by atoms with Gasteiger partial charge in [-0.15, -0.1) is 0 Å². The quantitative estimate of drug-likeness (QED) is 0.271. The van der Waals surface area contributed by atoms with E-state index in [9.17, 15) is 9.59 Å². The highest BCUT2D eigenvalue weighted by Crippen LogP contribution is 2.13. The molecule has 0 aromatic rings. The van der Waals surface area contributed by atoms with Gasteiger partial charge in [0.1, 0.15) is 0 Å². The molecule has 1 N–H and O–H groups in total. The maximum Gasteiger partial charge on any atom is 0.305 e. The van der Waals surface area contributed by atoms with Gasteiger partial charge in [0, 0.05) is 12.8 Å². The van der Waals surface area contributed by atoms with E-state index in [4.69, 9.17) is 9.84 Å². The molecule has 0 saturated heterocycles. The van der Waals surface area contributed by atoms with Crippen molar-refractivity contribution in [2.75, 3.05) is 6.61 Å². The molecule has 0 aromatic carbocycles. The Morgan fingerprint density at radius 2 is 1.25 bits per heavy atom. The summed E-state index contributed by atoms with van der Waals surface area (Å²) in [5.41, 5.74) is 0. The second-order valence-electron chi connectivity index (χ2n) is 7.19. The molecule has 0 aliphatic heterocycles. The van der Waals surface area contributed by atoms with Crippen LogP contribution in [-0.4, -0.2) is 23.7 Å². The van der Waals surface area contributed by atoms with Gasteiger partial charge < -0.3 is 9.84 Å². The number of hydrogen-bond acceptors (Lipinski definition) is 3. The molecule has 4 heteroatoms. The molecule has 0 fully saturated rings. The summed E-state index contributed by atoms with van der Waals surface area (Å²) in [6.45, 7) is 5.08. The largest absolute Gasteiger partial charge is 0.481 e. The number of rotatable bonds is 17. The summed E-state index contributed by atoms with van der Waals surface area (Å²) >= 11 is 0. The summed E-state index contributed by atoms with van der Waals surface area (Å²) in [6.07, 6.45) is 14.3. The summed E-state index contributed by atoms with van der Waals surface area (Å²) in [4.78, 5) is 21.8. The average Bonchev–Trinajstić information content (AvgIpc) is 2.52.